The number of pyridine rings is 1. The molecule has 0 spiro atoms. The third kappa shape index (κ3) is 4.73. The second-order valence-corrected chi connectivity index (χ2v) is 13.5. The molecule has 0 unspecified atom stereocenters. The van der Waals surface area contributed by atoms with Crippen molar-refractivity contribution < 1.29 is 36.2 Å². The Hall–Kier alpha value is -4.05. The zero-order valence-electron chi connectivity index (χ0n) is 26.6. The van der Waals surface area contributed by atoms with E-state index in [1.165, 1.54) is 0 Å². The molecule has 16 heteroatoms. The summed E-state index contributed by atoms with van der Waals surface area (Å²) in [6.45, 7) is 4.70. The maximum atomic E-state index is 16.8. The highest BCUT2D eigenvalue weighted by atomic mass is 19.4. The number of carbonyl (C=O) groups excluding carboxylic acids is 1. The van der Waals surface area contributed by atoms with Crippen molar-refractivity contribution in [2.75, 3.05) is 43.9 Å². The van der Waals surface area contributed by atoms with Gasteiger partial charge in [-0.2, -0.15) is 23.1 Å². The van der Waals surface area contributed by atoms with Crippen molar-refractivity contribution in [3.63, 3.8) is 0 Å². The molecule has 4 saturated heterocycles. The number of hydrogen-bond donors (Lipinski definition) is 2. The van der Waals surface area contributed by atoms with E-state index < -0.39 is 52.0 Å². The molecule has 2 bridgehead atoms. The molecule has 2 aromatic heterocycles. The molecule has 6 atom stereocenters. The number of aromatic nitrogens is 3. The number of hydrogen-bond acceptors (Lipinski definition) is 10. The highest BCUT2D eigenvalue weighted by molar-refractivity contribution is 5.97. The standard InChI is InChI=1S/C32H35F5N8O3/c1-13-22(32(35,36)37)17(10-18(38)23(13)33)25-24(34)26-21-28(45-11-15-4-6-19(39-15)27(45)14(2)48-29(21)40-25)42-31(41-26)47-12-16-5-7-20-30(46)43(3)8-9-44(16)20/h10,14-16,19-20,27,39H,4-9,11-12,38H2,1-3H3/t14-,15+,16+,19-,20-,27+/m0/s1. The fourth-order valence-electron chi connectivity index (χ4n) is 8.42. The largest absolute Gasteiger partial charge is 0.472 e. The zero-order valence-corrected chi connectivity index (χ0v) is 26.6. The van der Waals surface area contributed by atoms with Crippen LogP contribution in [0.3, 0.4) is 0 Å². The van der Waals surface area contributed by atoms with Crippen molar-refractivity contribution in [1.82, 2.24) is 30.1 Å². The molecule has 0 aliphatic carbocycles. The highest BCUT2D eigenvalue weighted by Crippen LogP contribution is 2.47. The van der Waals surface area contributed by atoms with Gasteiger partial charge in [0.1, 0.15) is 40.9 Å². The molecule has 0 radical (unpaired) electrons. The number of halogens is 5. The van der Waals surface area contributed by atoms with Gasteiger partial charge >= 0.3 is 12.2 Å². The van der Waals surface area contributed by atoms with Crippen LogP contribution in [0.4, 0.5) is 33.5 Å². The van der Waals surface area contributed by atoms with Crippen LogP contribution in [0, 0.1) is 18.6 Å². The highest BCUT2D eigenvalue weighted by Gasteiger charge is 2.48. The van der Waals surface area contributed by atoms with Crippen LogP contribution in [0.25, 0.3) is 22.2 Å². The molecule has 0 saturated carbocycles. The molecule has 5 aliphatic heterocycles. The molecule has 5 aliphatic rings. The molecular weight excluding hydrogens is 639 g/mol. The van der Waals surface area contributed by atoms with Crippen molar-refractivity contribution in [2.45, 2.75) is 82.0 Å². The summed E-state index contributed by atoms with van der Waals surface area (Å²) in [7, 11) is 1.78. The molecule has 256 valence electrons. The van der Waals surface area contributed by atoms with E-state index in [9.17, 15) is 22.4 Å². The summed E-state index contributed by atoms with van der Waals surface area (Å²) in [6, 6.07) is 0.160. The lowest BCUT2D eigenvalue weighted by Crippen LogP contribution is -2.62. The quantitative estimate of drug-likeness (QED) is 0.314. The van der Waals surface area contributed by atoms with Crippen LogP contribution in [-0.2, 0) is 11.0 Å². The van der Waals surface area contributed by atoms with Gasteiger partial charge in [-0.3, -0.25) is 9.69 Å². The molecule has 3 N–H and O–H groups in total. The van der Waals surface area contributed by atoms with Gasteiger partial charge in [0, 0.05) is 50.4 Å². The number of likely N-dealkylation sites (N-methyl/N-ethyl adjacent to an activating group) is 1. The predicted octanol–water partition coefficient (Wildman–Crippen LogP) is 3.65. The maximum Gasteiger partial charge on any atom is 0.417 e. The lowest BCUT2D eigenvalue weighted by atomic mass is 9.96. The number of nitrogen functional groups attached to an aromatic ring is 1. The van der Waals surface area contributed by atoms with E-state index in [1.54, 1.807) is 11.9 Å². The number of fused-ring (bicyclic) bond motifs is 6. The topological polar surface area (TPSA) is 122 Å². The molecule has 1 amide bonds. The minimum atomic E-state index is -5.06. The van der Waals surface area contributed by atoms with E-state index in [1.807, 2.05) is 11.8 Å². The third-order valence-corrected chi connectivity index (χ3v) is 10.7. The Balaban J connectivity index is 1.28. The van der Waals surface area contributed by atoms with Gasteiger partial charge in [-0.15, -0.1) is 0 Å². The summed E-state index contributed by atoms with van der Waals surface area (Å²) in [5.74, 6) is -2.17. The number of nitrogens with one attached hydrogen (secondary N) is 1. The predicted molar refractivity (Wildman–Crippen MR) is 165 cm³/mol. The van der Waals surface area contributed by atoms with Crippen molar-refractivity contribution >= 4 is 28.3 Å². The SMILES string of the molecule is Cc1c(F)c(N)cc(-c2nc3c4c(nc(OC[C@H]5CC[C@H]6C(=O)N(C)CCN56)nc4c2F)N2C[C@H]4CC[C@H](N4)[C@H]2[C@H](C)O3)c1C(F)(F)F. The average molecular weight is 675 g/mol. The van der Waals surface area contributed by atoms with Crippen LogP contribution in [0.15, 0.2) is 6.07 Å². The van der Waals surface area contributed by atoms with Gasteiger partial charge in [0.25, 0.3) is 0 Å². The summed E-state index contributed by atoms with van der Waals surface area (Å²) in [5.41, 5.74) is 1.24. The van der Waals surface area contributed by atoms with Crippen LogP contribution >= 0.6 is 0 Å². The molecular formula is C32H35F5N8O3. The Labute approximate surface area is 272 Å². The number of rotatable bonds is 4. The Morgan fingerprint density at radius 1 is 1.10 bits per heavy atom. The van der Waals surface area contributed by atoms with Gasteiger partial charge in [-0.1, -0.05) is 0 Å². The van der Waals surface area contributed by atoms with Crippen LogP contribution in [0.5, 0.6) is 11.9 Å². The van der Waals surface area contributed by atoms with E-state index >= 15 is 4.39 Å². The summed E-state index contributed by atoms with van der Waals surface area (Å²) < 4.78 is 87.3. The van der Waals surface area contributed by atoms with Gasteiger partial charge in [0.2, 0.25) is 11.8 Å². The number of ether oxygens (including phenoxy) is 2. The summed E-state index contributed by atoms with van der Waals surface area (Å²) in [4.78, 5) is 32.1. The Kier molecular flexibility index (Phi) is 7.15. The average Bonchev–Trinajstić information content (AvgIpc) is 3.60. The number of amides is 1. The third-order valence-electron chi connectivity index (χ3n) is 10.7. The minimum absolute atomic E-state index is 0.0216. The van der Waals surface area contributed by atoms with Crippen LogP contribution < -0.4 is 25.4 Å². The zero-order chi connectivity index (χ0) is 33.8. The fourth-order valence-corrected chi connectivity index (χ4v) is 8.42. The van der Waals surface area contributed by atoms with Gasteiger partial charge in [0.05, 0.1) is 23.3 Å². The maximum absolute atomic E-state index is 16.8. The van der Waals surface area contributed by atoms with Crippen molar-refractivity contribution in [3.8, 4) is 23.1 Å². The number of benzene rings is 1. The smallest absolute Gasteiger partial charge is 0.417 e. The van der Waals surface area contributed by atoms with E-state index in [4.69, 9.17) is 20.2 Å². The molecule has 1 aromatic carbocycles. The Morgan fingerprint density at radius 3 is 2.67 bits per heavy atom. The van der Waals surface area contributed by atoms with Crippen LogP contribution in [-0.4, -0.2) is 100 Å². The Bertz CT molecular complexity index is 1840. The minimum Gasteiger partial charge on any atom is -0.472 e. The van der Waals surface area contributed by atoms with E-state index in [0.717, 1.165) is 25.8 Å². The summed E-state index contributed by atoms with van der Waals surface area (Å²) in [6.07, 6.45) is -2.40. The first-order valence-corrected chi connectivity index (χ1v) is 16.2. The first-order chi connectivity index (χ1) is 22.8. The number of piperazine rings is 2. The number of nitrogens with two attached hydrogens (primary N) is 1. The van der Waals surface area contributed by atoms with E-state index in [0.29, 0.717) is 38.3 Å². The molecule has 8 rings (SSSR count). The lowest BCUT2D eigenvalue weighted by Gasteiger charge is -2.42. The molecule has 3 aromatic rings. The van der Waals surface area contributed by atoms with Crippen LogP contribution in [0.1, 0.15) is 43.7 Å². The lowest BCUT2D eigenvalue weighted by molar-refractivity contribution is -0.139. The Morgan fingerprint density at radius 2 is 1.90 bits per heavy atom. The second-order valence-electron chi connectivity index (χ2n) is 13.5. The van der Waals surface area contributed by atoms with Crippen molar-refractivity contribution in [3.05, 3.63) is 28.8 Å². The molecule has 7 heterocycles. The van der Waals surface area contributed by atoms with Gasteiger partial charge < -0.3 is 30.3 Å². The van der Waals surface area contributed by atoms with E-state index in [-0.39, 0.29) is 65.5 Å². The van der Waals surface area contributed by atoms with Crippen molar-refractivity contribution in [1.29, 1.82) is 0 Å². The number of alkyl halides is 3. The summed E-state index contributed by atoms with van der Waals surface area (Å²) in [5, 5.41) is 3.72. The fraction of sp³-hybridized carbons (Fsp3) is 0.562. The van der Waals surface area contributed by atoms with E-state index in [2.05, 4.69) is 20.2 Å². The number of carbonyl (C=O) groups is 1. The first-order valence-electron chi connectivity index (χ1n) is 16.2. The second kappa shape index (κ2) is 11.0. The van der Waals surface area contributed by atoms with Gasteiger partial charge in [-0.25, -0.2) is 13.8 Å². The van der Waals surface area contributed by atoms with Crippen molar-refractivity contribution in [2.24, 2.45) is 0 Å². The first kappa shape index (κ1) is 31.2. The summed E-state index contributed by atoms with van der Waals surface area (Å²) >= 11 is 0. The normalized spacial score (nSPS) is 28.4. The number of anilines is 2. The number of nitrogens with zero attached hydrogens (tertiary/aromatic N) is 6. The monoisotopic (exact) mass is 674 g/mol. The molecule has 11 nitrogen and oxygen atoms in total. The molecule has 48 heavy (non-hydrogen) atoms. The van der Waals surface area contributed by atoms with Crippen LogP contribution in [0.2, 0.25) is 0 Å². The van der Waals surface area contributed by atoms with Gasteiger partial charge in [0.15, 0.2) is 5.82 Å². The van der Waals surface area contributed by atoms with Gasteiger partial charge in [-0.05, 0) is 51.2 Å². The molecule has 4 fully saturated rings.